The Balaban J connectivity index is 1.61. The number of benzene rings is 3. The van der Waals surface area contributed by atoms with Crippen molar-refractivity contribution in [3.8, 4) is 0 Å². The Morgan fingerprint density at radius 3 is 1.25 bits per heavy atom. The van der Waals surface area contributed by atoms with Gasteiger partial charge in [0.1, 0.15) is 0 Å². The van der Waals surface area contributed by atoms with E-state index in [0.29, 0.717) is 0 Å². The number of hydrogen-bond donors (Lipinski definition) is 0. The van der Waals surface area contributed by atoms with Gasteiger partial charge in [-0.15, -0.1) is 0 Å². The summed E-state index contributed by atoms with van der Waals surface area (Å²) in [5.74, 6) is 0. The summed E-state index contributed by atoms with van der Waals surface area (Å²) < 4.78 is 0. The van der Waals surface area contributed by atoms with Gasteiger partial charge in [-0.25, -0.2) is 0 Å². The molecule has 0 radical (unpaired) electrons. The van der Waals surface area contributed by atoms with Gasteiger partial charge < -0.3 is 0 Å². The van der Waals surface area contributed by atoms with Gasteiger partial charge in [-0.2, -0.15) is 0 Å². The molecule has 0 aliphatic rings. The summed E-state index contributed by atoms with van der Waals surface area (Å²) in [6.07, 6.45) is 2.20. The van der Waals surface area contributed by atoms with Crippen LogP contribution in [0.1, 0.15) is 16.7 Å². The summed E-state index contributed by atoms with van der Waals surface area (Å²) in [5.41, 5.74) is 4.21. The van der Waals surface area contributed by atoms with E-state index in [1.807, 2.05) is 0 Å². The molecule has 0 bridgehead atoms. The lowest BCUT2D eigenvalue weighted by Gasteiger charge is -2.22. The first kappa shape index (κ1) is 16.5. The summed E-state index contributed by atoms with van der Waals surface area (Å²) in [6, 6.07) is 32.3. The largest absolute Gasteiger partial charge is 0.298 e. The van der Waals surface area contributed by atoms with Crippen molar-refractivity contribution < 1.29 is 0 Å². The molecule has 122 valence electrons. The van der Waals surface area contributed by atoms with E-state index in [1.165, 1.54) is 16.7 Å². The van der Waals surface area contributed by atoms with Crippen molar-refractivity contribution in [3.05, 3.63) is 108 Å². The highest BCUT2D eigenvalue weighted by molar-refractivity contribution is 5.17. The Hall–Kier alpha value is -2.38. The van der Waals surface area contributed by atoms with Gasteiger partial charge in [0.25, 0.3) is 0 Å². The fourth-order valence-corrected chi connectivity index (χ4v) is 2.98. The molecule has 0 spiro atoms. The van der Waals surface area contributed by atoms with Crippen molar-refractivity contribution in [1.29, 1.82) is 0 Å². The summed E-state index contributed by atoms with van der Waals surface area (Å²) >= 11 is 0. The van der Waals surface area contributed by atoms with Gasteiger partial charge in [-0.3, -0.25) is 4.90 Å². The second-order valence-electron chi connectivity index (χ2n) is 6.23. The smallest absolute Gasteiger partial charge is 0.0233 e. The van der Waals surface area contributed by atoms with E-state index in [4.69, 9.17) is 0 Å². The molecular formula is C23H25N. The van der Waals surface area contributed by atoms with Crippen LogP contribution in [0.5, 0.6) is 0 Å². The van der Waals surface area contributed by atoms with Crippen LogP contribution in [-0.2, 0) is 19.4 Å². The van der Waals surface area contributed by atoms with Gasteiger partial charge >= 0.3 is 0 Å². The predicted octanol–water partition coefficient (Wildman–Crippen LogP) is 4.97. The molecule has 0 saturated heterocycles. The normalized spacial score (nSPS) is 10.9. The van der Waals surface area contributed by atoms with Crippen LogP contribution in [0.2, 0.25) is 0 Å². The predicted molar refractivity (Wildman–Crippen MR) is 102 cm³/mol. The number of nitrogens with zero attached hydrogens (tertiary/aromatic N) is 1. The van der Waals surface area contributed by atoms with Crippen molar-refractivity contribution in [2.24, 2.45) is 0 Å². The minimum absolute atomic E-state index is 1.01. The zero-order valence-electron chi connectivity index (χ0n) is 14.1. The molecule has 0 heterocycles. The highest BCUT2D eigenvalue weighted by atomic mass is 15.1. The van der Waals surface area contributed by atoms with Crippen molar-refractivity contribution in [3.63, 3.8) is 0 Å². The molecule has 0 atom stereocenters. The maximum absolute atomic E-state index is 2.56. The van der Waals surface area contributed by atoms with Crippen molar-refractivity contribution in [2.45, 2.75) is 19.4 Å². The summed E-state index contributed by atoms with van der Waals surface area (Å²) in [4.78, 5) is 2.56. The summed E-state index contributed by atoms with van der Waals surface area (Å²) in [5, 5.41) is 0. The molecule has 1 nitrogen and oxygen atoms in total. The lowest BCUT2D eigenvalue weighted by atomic mass is 10.1. The molecule has 0 amide bonds. The lowest BCUT2D eigenvalue weighted by Crippen LogP contribution is -2.28. The molecule has 24 heavy (non-hydrogen) atoms. The topological polar surface area (TPSA) is 3.24 Å². The van der Waals surface area contributed by atoms with Crippen molar-refractivity contribution in [1.82, 2.24) is 4.90 Å². The molecular weight excluding hydrogens is 290 g/mol. The molecule has 3 aromatic carbocycles. The average Bonchev–Trinajstić information content (AvgIpc) is 2.66. The van der Waals surface area contributed by atoms with Gasteiger partial charge in [-0.05, 0) is 29.5 Å². The van der Waals surface area contributed by atoms with E-state index in [-0.39, 0.29) is 0 Å². The van der Waals surface area contributed by atoms with Gasteiger partial charge in [-0.1, -0.05) is 91.0 Å². The van der Waals surface area contributed by atoms with E-state index in [2.05, 4.69) is 95.9 Å². The van der Waals surface area contributed by atoms with Gasteiger partial charge in [0, 0.05) is 19.6 Å². The first-order valence-electron chi connectivity index (χ1n) is 8.74. The second-order valence-corrected chi connectivity index (χ2v) is 6.23. The maximum Gasteiger partial charge on any atom is 0.0233 e. The Morgan fingerprint density at radius 2 is 0.833 bits per heavy atom. The highest BCUT2D eigenvalue weighted by Crippen LogP contribution is 2.09. The summed E-state index contributed by atoms with van der Waals surface area (Å²) in [6.45, 7) is 3.19. The molecule has 0 aliphatic heterocycles. The third-order valence-electron chi connectivity index (χ3n) is 4.37. The second kappa shape index (κ2) is 9.05. The van der Waals surface area contributed by atoms with Gasteiger partial charge in [0.2, 0.25) is 0 Å². The van der Waals surface area contributed by atoms with E-state index in [0.717, 1.165) is 32.5 Å². The standard InChI is InChI=1S/C23H25N/c1-4-10-21(11-5-1)16-18-24(20-23-14-8-3-9-15-23)19-17-22-12-6-2-7-13-22/h1-15H,16-20H2. The van der Waals surface area contributed by atoms with Crippen LogP contribution in [-0.4, -0.2) is 18.0 Å². The van der Waals surface area contributed by atoms with Crippen LogP contribution in [0.25, 0.3) is 0 Å². The third-order valence-corrected chi connectivity index (χ3v) is 4.37. The molecule has 0 unspecified atom stereocenters. The minimum Gasteiger partial charge on any atom is -0.298 e. The third kappa shape index (κ3) is 5.36. The van der Waals surface area contributed by atoms with Crippen LogP contribution in [0.15, 0.2) is 91.0 Å². The van der Waals surface area contributed by atoms with Gasteiger partial charge in [0.15, 0.2) is 0 Å². The van der Waals surface area contributed by atoms with E-state index in [9.17, 15) is 0 Å². The highest BCUT2D eigenvalue weighted by Gasteiger charge is 2.07. The van der Waals surface area contributed by atoms with E-state index in [1.54, 1.807) is 0 Å². The Bertz CT molecular complexity index is 648. The average molecular weight is 315 g/mol. The first-order chi connectivity index (χ1) is 11.9. The SMILES string of the molecule is c1ccc(CCN(CCc2ccccc2)Cc2ccccc2)cc1. The van der Waals surface area contributed by atoms with Crippen LogP contribution >= 0.6 is 0 Å². The molecule has 1 heteroatoms. The fourth-order valence-electron chi connectivity index (χ4n) is 2.98. The lowest BCUT2D eigenvalue weighted by molar-refractivity contribution is 0.272. The van der Waals surface area contributed by atoms with Crippen LogP contribution < -0.4 is 0 Å². The van der Waals surface area contributed by atoms with Crippen LogP contribution in [0.3, 0.4) is 0 Å². The van der Waals surface area contributed by atoms with Crippen molar-refractivity contribution >= 4 is 0 Å². The first-order valence-corrected chi connectivity index (χ1v) is 8.74. The van der Waals surface area contributed by atoms with Crippen molar-refractivity contribution in [2.75, 3.05) is 13.1 Å². The fraction of sp³-hybridized carbons (Fsp3) is 0.217. The van der Waals surface area contributed by atoms with Crippen LogP contribution in [0.4, 0.5) is 0 Å². The number of rotatable bonds is 8. The Kier molecular flexibility index (Phi) is 6.21. The van der Waals surface area contributed by atoms with E-state index >= 15 is 0 Å². The quantitative estimate of drug-likeness (QED) is 0.567. The molecule has 3 rings (SSSR count). The molecule has 0 fully saturated rings. The molecule has 0 saturated carbocycles. The minimum atomic E-state index is 1.01. The molecule has 0 aliphatic carbocycles. The van der Waals surface area contributed by atoms with E-state index < -0.39 is 0 Å². The number of hydrogen-bond acceptors (Lipinski definition) is 1. The van der Waals surface area contributed by atoms with Crippen LogP contribution in [0, 0.1) is 0 Å². The Morgan fingerprint density at radius 1 is 0.458 bits per heavy atom. The molecule has 0 aromatic heterocycles. The molecule has 0 N–H and O–H groups in total. The monoisotopic (exact) mass is 315 g/mol. The zero-order valence-corrected chi connectivity index (χ0v) is 14.1. The Labute approximate surface area is 145 Å². The summed E-state index contributed by atoms with van der Waals surface area (Å²) in [7, 11) is 0. The van der Waals surface area contributed by atoms with Gasteiger partial charge in [0.05, 0.1) is 0 Å². The maximum atomic E-state index is 2.56. The molecule has 3 aromatic rings. The zero-order chi connectivity index (χ0) is 16.5.